The Morgan fingerprint density at radius 1 is 1.04 bits per heavy atom. The Balaban J connectivity index is 1.47. The summed E-state index contributed by atoms with van der Waals surface area (Å²) in [5.74, 6) is 1.88. The van der Waals surface area contributed by atoms with Crippen molar-refractivity contribution >= 4 is 41.2 Å². The lowest BCUT2D eigenvalue weighted by molar-refractivity contribution is 0.171. The van der Waals surface area contributed by atoms with Gasteiger partial charge in [-0.2, -0.15) is 0 Å². The van der Waals surface area contributed by atoms with Crippen LogP contribution in [-0.2, 0) is 6.42 Å². The van der Waals surface area contributed by atoms with Crippen LogP contribution < -0.4 is 14.2 Å². The molecule has 2 aromatic rings. The van der Waals surface area contributed by atoms with Gasteiger partial charge < -0.3 is 14.2 Å². The van der Waals surface area contributed by atoms with Gasteiger partial charge in [0.1, 0.15) is 13.2 Å². The molecular weight excluding hydrogens is 385 g/mol. The van der Waals surface area contributed by atoms with E-state index in [2.05, 4.69) is 0 Å². The molecule has 0 fully saturated rings. The topological polar surface area (TPSA) is 48.0 Å². The molecular formula is C17H13Cl2NO4S. The van der Waals surface area contributed by atoms with E-state index in [4.69, 9.17) is 37.4 Å². The first-order chi connectivity index (χ1) is 12.1. The number of nitrogens with zero attached hydrogens (tertiary/aromatic N) is 1. The molecule has 0 atom stereocenters. The van der Waals surface area contributed by atoms with Crippen molar-refractivity contribution in [2.24, 2.45) is 0 Å². The van der Waals surface area contributed by atoms with Crippen LogP contribution in [0.4, 0.5) is 4.79 Å². The number of hydrogen-bond acceptors (Lipinski definition) is 5. The molecule has 0 unspecified atom stereocenters. The van der Waals surface area contributed by atoms with E-state index >= 15 is 0 Å². The smallest absolute Gasteiger partial charge is 0.425 e. The van der Waals surface area contributed by atoms with Crippen LogP contribution in [0.5, 0.6) is 17.2 Å². The number of halogens is 2. The van der Waals surface area contributed by atoms with E-state index in [0.717, 1.165) is 17.1 Å². The van der Waals surface area contributed by atoms with Gasteiger partial charge in [0.05, 0.1) is 9.92 Å². The number of ether oxygens (including phenoxy) is 3. The quantitative estimate of drug-likeness (QED) is 0.694. The lowest BCUT2D eigenvalue weighted by atomic mass is 10.1. The Morgan fingerprint density at radius 3 is 2.68 bits per heavy atom. The molecule has 0 aromatic heterocycles. The van der Waals surface area contributed by atoms with Crippen LogP contribution in [0.2, 0.25) is 10.0 Å². The number of carbonyl (C=O) groups is 1. The summed E-state index contributed by atoms with van der Waals surface area (Å²) in [6.07, 6.45) is 0.215. The predicted molar refractivity (Wildman–Crippen MR) is 96.2 cm³/mol. The van der Waals surface area contributed by atoms with Crippen molar-refractivity contribution in [3.8, 4) is 17.2 Å². The summed E-state index contributed by atoms with van der Waals surface area (Å²) in [6, 6.07) is 9.02. The Kier molecular flexibility index (Phi) is 4.58. The lowest BCUT2D eigenvalue weighted by Gasteiger charge is -2.27. The molecule has 1 amide bonds. The number of rotatable bonds is 3. The van der Waals surface area contributed by atoms with Gasteiger partial charge in [-0.05, 0) is 42.1 Å². The van der Waals surface area contributed by atoms with Gasteiger partial charge in [0.15, 0.2) is 17.2 Å². The van der Waals surface area contributed by atoms with E-state index in [0.29, 0.717) is 46.9 Å². The molecule has 0 aliphatic carbocycles. The molecule has 0 spiro atoms. The van der Waals surface area contributed by atoms with Gasteiger partial charge >= 0.3 is 6.09 Å². The first-order valence-corrected chi connectivity index (χ1v) is 9.18. The predicted octanol–water partition coefficient (Wildman–Crippen LogP) is 4.83. The van der Waals surface area contributed by atoms with Gasteiger partial charge in [0.2, 0.25) is 0 Å². The highest BCUT2D eigenvalue weighted by molar-refractivity contribution is 7.97. The van der Waals surface area contributed by atoms with E-state index in [9.17, 15) is 4.79 Å². The van der Waals surface area contributed by atoms with Crippen LogP contribution in [0, 0.1) is 0 Å². The number of benzene rings is 2. The van der Waals surface area contributed by atoms with Crippen LogP contribution in [0.15, 0.2) is 35.2 Å². The zero-order valence-electron chi connectivity index (χ0n) is 13.0. The summed E-state index contributed by atoms with van der Waals surface area (Å²) in [7, 11) is 0. The fourth-order valence-electron chi connectivity index (χ4n) is 2.60. The first-order valence-electron chi connectivity index (χ1n) is 7.65. The summed E-state index contributed by atoms with van der Waals surface area (Å²) < 4.78 is 18.0. The summed E-state index contributed by atoms with van der Waals surface area (Å²) in [5, 5.41) is 0.895. The molecule has 0 saturated heterocycles. The minimum Gasteiger partial charge on any atom is -0.486 e. The number of carbonyl (C=O) groups excluding carboxylic acids is 1. The van der Waals surface area contributed by atoms with Crippen LogP contribution in [0.3, 0.4) is 0 Å². The molecule has 0 radical (unpaired) electrons. The maximum Gasteiger partial charge on any atom is 0.425 e. The molecule has 2 aliphatic rings. The summed E-state index contributed by atoms with van der Waals surface area (Å²) in [5.41, 5.74) is 1.05. The number of amides is 1. The average Bonchev–Trinajstić information content (AvgIpc) is 2.60. The summed E-state index contributed by atoms with van der Waals surface area (Å²) in [6.45, 7) is 1.58. The van der Waals surface area contributed by atoms with Gasteiger partial charge in [-0.25, -0.2) is 9.10 Å². The molecule has 130 valence electrons. The van der Waals surface area contributed by atoms with Crippen molar-refractivity contribution in [3.63, 3.8) is 0 Å². The van der Waals surface area contributed by atoms with E-state index in [-0.39, 0.29) is 0 Å². The zero-order valence-corrected chi connectivity index (χ0v) is 15.3. The summed E-state index contributed by atoms with van der Waals surface area (Å²) in [4.78, 5) is 12.9. The molecule has 25 heavy (non-hydrogen) atoms. The third-order valence-corrected chi connectivity index (χ3v) is 5.57. The van der Waals surface area contributed by atoms with Crippen LogP contribution in [-0.4, -0.2) is 30.2 Å². The van der Waals surface area contributed by atoms with Gasteiger partial charge in [-0.15, -0.1) is 0 Å². The van der Waals surface area contributed by atoms with Crippen molar-refractivity contribution in [1.82, 2.24) is 4.31 Å². The minimum absolute atomic E-state index is 0.392. The third-order valence-electron chi connectivity index (χ3n) is 3.79. The van der Waals surface area contributed by atoms with E-state index in [1.807, 2.05) is 18.2 Å². The molecule has 8 heteroatoms. The second-order valence-corrected chi connectivity index (χ2v) is 7.38. The van der Waals surface area contributed by atoms with E-state index < -0.39 is 6.09 Å². The highest BCUT2D eigenvalue weighted by Gasteiger charge is 2.28. The Labute approximate surface area is 158 Å². The molecule has 0 saturated carbocycles. The largest absolute Gasteiger partial charge is 0.486 e. The second-order valence-electron chi connectivity index (χ2n) is 5.50. The van der Waals surface area contributed by atoms with Gasteiger partial charge in [0.25, 0.3) is 0 Å². The van der Waals surface area contributed by atoms with Gasteiger partial charge in [-0.1, -0.05) is 29.3 Å². The van der Waals surface area contributed by atoms with Crippen molar-refractivity contribution < 1.29 is 19.0 Å². The maximum atomic E-state index is 12.2. The fourth-order valence-corrected chi connectivity index (χ4v) is 4.03. The molecule has 4 rings (SSSR count). The van der Waals surface area contributed by atoms with Crippen LogP contribution in [0.25, 0.3) is 0 Å². The lowest BCUT2D eigenvalue weighted by Crippen LogP contribution is -2.32. The zero-order chi connectivity index (χ0) is 17.4. The highest BCUT2D eigenvalue weighted by atomic mass is 35.5. The monoisotopic (exact) mass is 397 g/mol. The highest BCUT2D eigenvalue weighted by Crippen LogP contribution is 2.43. The van der Waals surface area contributed by atoms with Crippen LogP contribution in [0.1, 0.15) is 5.56 Å². The van der Waals surface area contributed by atoms with Gasteiger partial charge in [-0.3, -0.25) is 0 Å². The van der Waals surface area contributed by atoms with Crippen molar-refractivity contribution in [3.05, 3.63) is 45.9 Å². The molecule has 5 nitrogen and oxygen atoms in total. The molecule has 2 heterocycles. The minimum atomic E-state index is -0.437. The van der Waals surface area contributed by atoms with Crippen molar-refractivity contribution in [1.29, 1.82) is 0 Å². The second kappa shape index (κ2) is 6.86. The SMILES string of the molecule is O=C1Oc2cc(Cl)cc(Cl)c2SN1CCc1ccc2c(c1)OCCO2. The fraction of sp³-hybridized carbons (Fsp3) is 0.235. The van der Waals surface area contributed by atoms with Gasteiger partial charge in [0, 0.05) is 17.6 Å². The van der Waals surface area contributed by atoms with Crippen molar-refractivity contribution in [2.45, 2.75) is 11.3 Å². The number of hydrogen-bond donors (Lipinski definition) is 0. The summed E-state index contributed by atoms with van der Waals surface area (Å²) >= 11 is 13.4. The van der Waals surface area contributed by atoms with E-state index in [1.165, 1.54) is 11.9 Å². The Morgan fingerprint density at radius 2 is 1.84 bits per heavy atom. The van der Waals surface area contributed by atoms with E-state index in [1.54, 1.807) is 16.4 Å². The maximum absolute atomic E-state index is 12.2. The standard InChI is InChI=1S/C17H13Cl2NO4S/c18-11-8-12(19)16-15(9-11)24-17(21)20(25-16)4-3-10-1-2-13-14(7-10)23-6-5-22-13/h1-2,7-9H,3-6H2. The molecule has 2 aliphatic heterocycles. The number of fused-ring (bicyclic) bond motifs is 2. The molecule has 2 aromatic carbocycles. The normalized spacial score (nSPS) is 15.6. The first kappa shape index (κ1) is 16.7. The van der Waals surface area contributed by atoms with Crippen molar-refractivity contribution in [2.75, 3.05) is 19.8 Å². The Hall–Kier alpha value is -1.76. The molecule has 0 N–H and O–H groups in total. The average molecular weight is 398 g/mol. The Bertz CT molecular complexity index is 846. The third kappa shape index (κ3) is 3.47. The molecule has 0 bridgehead atoms. The van der Waals surface area contributed by atoms with Crippen LogP contribution >= 0.6 is 35.1 Å².